The predicted molar refractivity (Wildman–Crippen MR) is 46.5 cm³/mol. The van der Waals surface area contributed by atoms with Crippen molar-refractivity contribution in [2.75, 3.05) is 7.05 Å². The van der Waals surface area contributed by atoms with Crippen molar-refractivity contribution in [2.45, 2.75) is 32.9 Å². The summed E-state index contributed by atoms with van der Waals surface area (Å²) in [7, 11) is 1.39. The molecule has 0 aromatic rings. The second kappa shape index (κ2) is 4.69. The van der Waals surface area contributed by atoms with E-state index in [-0.39, 0.29) is 6.10 Å². The first kappa shape index (κ1) is 11.7. The summed E-state index contributed by atoms with van der Waals surface area (Å²) in [5, 5.41) is 8.59. The van der Waals surface area contributed by atoms with Crippen LogP contribution in [0.25, 0.3) is 0 Å². The molecule has 0 saturated carbocycles. The molecule has 0 radical (unpaired) electrons. The summed E-state index contributed by atoms with van der Waals surface area (Å²) >= 11 is 0. The Kier molecular flexibility index (Phi) is 4.23. The van der Waals surface area contributed by atoms with E-state index in [4.69, 9.17) is 9.84 Å². The number of rotatable bonds is 3. The number of carbonyl (C=O) groups excluding carboxylic acids is 1. The zero-order valence-corrected chi connectivity index (χ0v) is 8.27. The van der Waals surface area contributed by atoms with Crippen LogP contribution in [-0.4, -0.2) is 41.3 Å². The molecule has 0 spiro atoms. The summed E-state index contributed by atoms with van der Waals surface area (Å²) in [6.45, 7) is 4.83. The second-order valence-corrected chi connectivity index (χ2v) is 3.06. The van der Waals surface area contributed by atoms with E-state index in [1.165, 1.54) is 14.0 Å². The number of nitrogens with zero attached hydrogens (tertiary/aromatic N) is 1. The van der Waals surface area contributed by atoms with E-state index in [9.17, 15) is 9.59 Å². The van der Waals surface area contributed by atoms with Gasteiger partial charge in [0.05, 0.1) is 6.10 Å². The lowest BCUT2D eigenvalue weighted by molar-refractivity contribution is -0.141. The highest BCUT2D eigenvalue weighted by Gasteiger charge is 2.23. The number of amides is 1. The molecule has 1 unspecified atom stereocenters. The van der Waals surface area contributed by atoms with Crippen molar-refractivity contribution in [3.05, 3.63) is 0 Å². The topological polar surface area (TPSA) is 66.8 Å². The van der Waals surface area contributed by atoms with Crippen LogP contribution < -0.4 is 0 Å². The minimum Gasteiger partial charge on any atom is -0.480 e. The predicted octanol–water partition coefficient (Wildman–Crippen LogP) is 0.936. The third-order valence-corrected chi connectivity index (χ3v) is 1.56. The maximum absolute atomic E-state index is 11.1. The molecule has 0 aliphatic heterocycles. The summed E-state index contributed by atoms with van der Waals surface area (Å²) in [6.07, 6.45) is -0.860. The lowest BCUT2D eigenvalue weighted by Crippen LogP contribution is -2.41. The van der Waals surface area contributed by atoms with Gasteiger partial charge in [-0.3, -0.25) is 4.90 Å². The van der Waals surface area contributed by atoms with Gasteiger partial charge in [0.25, 0.3) is 0 Å². The van der Waals surface area contributed by atoms with Crippen LogP contribution in [0.15, 0.2) is 0 Å². The van der Waals surface area contributed by atoms with Gasteiger partial charge in [-0.25, -0.2) is 9.59 Å². The van der Waals surface area contributed by atoms with Crippen molar-refractivity contribution >= 4 is 12.1 Å². The monoisotopic (exact) mass is 189 g/mol. The molecule has 0 bridgehead atoms. The minimum atomic E-state index is -1.05. The SMILES string of the molecule is CC(C)OC(=O)N(C)C(C)C(=O)O. The van der Waals surface area contributed by atoms with E-state index in [2.05, 4.69) is 0 Å². The Bertz CT molecular complexity index is 202. The Morgan fingerprint density at radius 2 is 1.77 bits per heavy atom. The quantitative estimate of drug-likeness (QED) is 0.717. The van der Waals surface area contributed by atoms with Crippen LogP contribution in [0, 0.1) is 0 Å². The zero-order valence-electron chi connectivity index (χ0n) is 8.27. The molecule has 0 aromatic carbocycles. The molecule has 5 nitrogen and oxygen atoms in total. The van der Waals surface area contributed by atoms with Crippen LogP contribution in [-0.2, 0) is 9.53 Å². The maximum Gasteiger partial charge on any atom is 0.410 e. The molecule has 0 aromatic heterocycles. The van der Waals surface area contributed by atoms with Crippen LogP contribution in [0.4, 0.5) is 4.79 Å². The Labute approximate surface area is 77.3 Å². The van der Waals surface area contributed by atoms with Crippen molar-refractivity contribution in [3.8, 4) is 0 Å². The van der Waals surface area contributed by atoms with Crippen molar-refractivity contribution in [1.29, 1.82) is 0 Å². The smallest absolute Gasteiger partial charge is 0.410 e. The average molecular weight is 189 g/mol. The van der Waals surface area contributed by atoms with Gasteiger partial charge in [-0.15, -0.1) is 0 Å². The van der Waals surface area contributed by atoms with E-state index in [0.29, 0.717) is 0 Å². The summed E-state index contributed by atoms with van der Waals surface area (Å²) in [5.74, 6) is -1.05. The first-order valence-electron chi connectivity index (χ1n) is 4.02. The molecule has 0 saturated heterocycles. The molecule has 1 amide bonds. The van der Waals surface area contributed by atoms with Crippen molar-refractivity contribution in [3.63, 3.8) is 0 Å². The minimum absolute atomic E-state index is 0.240. The van der Waals surface area contributed by atoms with Crippen LogP contribution in [0.3, 0.4) is 0 Å². The van der Waals surface area contributed by atoms with Gasteiger partial charge in [-0.2, -0.15) is 0 Å². The standard InChI is InChI=1S/C8H15NO4/c1-5(2)13-8(12)9(4)6(3)7(10)11/h5-6H,1-4H3,(H,10,11). The van der Waals surface area contributed by atoms with Gasteiger partial charge in [-0.1, -0.05) is 0 Å². The van der Waals surface area contributed by atoms with Crippen LogP contribution in [0.1, 0.15) is 20.8 Å². The molecule has 0 heterocycles. The number of carbonyl (C=O) groups is 2. The van der Waals surface area contributed by atoms with Crippen molar-refractivity contribution < 1.29 is 19.4 Å². The summed E-state index contributed by atoms with van der Waals surface area (Å²) in [6, 6.07) is -0.869. The molecule has 1 N–H and O–H groups in total. The Hall–Kier alpha value is -1.26. The third-order valence-electron chi connectivity index (χ3n) is 1.56. The lowest BCUT2D eigenvalue weighted by Gasteiger charge is -2.21. The molecule has 5 heteroatoms. The fourth-order valence-electron chi connectivity index (χ4n) is 0.609. The zero-order chi connectivity index (χ0) is 10.6. The highest BCUT2D eigenvalue weighted by Crippen LogP contribution is 2.01. The fourth-order valence-corrected chi connectivity index (χ4v) is 0.609. The van der Waals surface area contributed by atoms with Gasteiger partial charge in [0.1, 0.15) is 6.04 Å². The van der Waals surface area contributed by atoms with Gasteiger partial charge in [0.2, 0.25) is 0 Å². The van der Waals surface area contributed by atoms with Gasteiger partial charge >= 0.3 is 12.1 Å². The first-order chi connectivity index (χ1) is 5.86. The number of likely N-dealkylation sites (N-methyl/N-ethyl adjacent to an activating group) is 1. The molecule has 1 atom stereocenters. The van der Waals surface area contributed by atoms with Crippen LogP contribution in [0.5, 0.6) is 0 Å². The highest BCUT2D eigenvalue weighted by atomic mass is 16.6. The fraction of sp³-hybridized carbons (Fsp3) is 0.750. The number of hydrogen-bond acceptors (Lipinski definition) is 3. The van der Waals surface area contributed by atoms with E-state index in [1.807, 2.05) is 0 Å². The molecule has 76 valence electrons. The normalized spacial score (nSPS) is 12.4. The Morgan fingerprint density at radius 1 is 1.31 bits per heavy atom. The van der Waals surface area contributed by atoms with E-state index < -0.39 is 18.1 Å². The molecule has 0 aliphatic rings. The number of aliphatic carboxylic acids is 1. The first-order valence-corrected chi connectivity index (χ1v) is 4.02. The number of hydrogen-bond donors (Lipinski definition) is 1. The lowest BCUT2D eigenvalue weighted by atomic mass is 10.3. The maximum atomic E-state index is 11.1. The molecular weight excluding hydrogens is 174 g/mol. The molecule has 0 fully saturated rings. The molecule has 0 aliphatic carbocycles. The van der Waals surface area contributed by atoms with E-state index in [1.54, 1.807) is 13.8 Å². The third kappa shape index (κ3) is 3.78. The van der Waals surface area contributed by atoms with E-state index in [0.717, 1.165) is 4.90 Å². The molecule has 0 rings (SSSR count). The summed E-state index contributed by atoms with van der Waals surface area (Å²) < 4.78 is 4.81. The second-order valence-electron chi connectivity index (χ2n) is 3.06. The van der Waals surface area contributed by atoms with Gasteiger partial charge < -0.3 is 9.84 Å². The van der Waals surface area contributed by atoms with Gasteiger partial charge in [0.15, 0.2) is 0 Å². The largest absolute Gasteiger partial charge is 0.480 e. The Balaban J connectivity index is 4.17. The van der Waals surface area contributed by atoms with Crippen molar-refractivity contribution in [1.82, 2.24) is 4.90 Å². The number of carboxylic acid groups (broad SMARTS) is 1. The Morgan fingerprint density at radius 3 is 2.08 bits per heavy atom. The van der Waals surface area contributed by atoms with Gasteiger partial charge in [-0.05, 0) is 20.8 Å². The highest BCUT2D eigenvalue weighted by molar-refractivity contribution is 5.79. The van der Waals surface area contributed by atoms with Crippen LogP contribution in [0.2, 0.25) is 0 Å². The van der Waals surface area contributed by atoms with Crippen molar-refractivity contribution in [2.24, 2.45) is 0 Å². The number of carboxylic acids is 1. The van der Waals surface area contributed by atoms with Gasteiger partial charge in [0, 0.05) is 7.05 Å². The van der Waals surface area contributed by atoms with Crippen LogP contribution >= 0.6 is 0 Å². The molecule has 13 heavy (non-hydrogen) atoms. The number of ether oxygens (including phenoxy) is 1. The van der Waals surface area contributed by atoms with E-state index >= 15 is 0 Å². The molecular formula is C8H15NO4. The summed E-state index contributed by atoms with van der Waals surface area (Å²) in [4.78, 5) is 22.7. The summed E-state index contributed by atoms with van der Waals surface area (Å²) in [5.41, 5.74) is 0. The average Bonchev–Trinajstić information content (AvgIpc) is 2.00.